The van der Waals surface area contributed by atoms with Crippen molar-refractivity contribution in [2.45, 2.75) is 19.6 Å². The van der Waals surface area contributed by atoms with Crippen molar-refractivity contribution in [2.24, 2.45) is 0 Å². The average Bonchev–Trinajstić information content (AvgIpc) is 2.60. The molecular weight excluding hydrogens is 297 g/mol. The van der Waals surface area contributed by atoms with Gasteiger partial charge < -0.3 is 14.4 Å². The van der Waals surface area contributed by atoms with Crippen LogP contribution in [-0.2, 0) is 24.3 Å². The van der Waals surface area contributed by atoms with Gasteiger partial charge >= 0.3 is 0 Å². The van der Waals surface area contributed by atoms with E-state index in [9.17, 15) is 9.18 Å². The minimum absolute atomic E-state index is 0.0851. The summed E-state index contributed by atoms with van der Waals surface area (Å²) in [4.78, 5) is 14.6. The molecule has 0 atom stereocenters. The monoisotopic (exact) mass is 313 g/mol. The second-order valence-electron chi connectivity index (χ2n) is 5.80. The van der Waals surface area contributed by atoms with E-state index in [2.05, 4.69) is 6.07 Å². The van der Waals surface area contributed by atoms with Crippen molar-refractivity contribution in [3.05, 3.63) is 64.5 Å². The zero-order valence-electron chi connectivity index (χ0n) is 12.5. The molecule has 0 saturated heterocycles. The normalized spacial score (nSPS) is 16.3. The molecule has 0 unspecified atom stereocenters. The Morgan fingerprint density at radius 1 is 1.13 bits per heavy atom. The van der Waals surface area contributed by atoms with Crippen molar-refractivity contribution in [2.75, 3.05) is 13.3 Å². The first-order valence-electron chi connectivity index (χ1n) is 7.61. The van der Waals surface area contributed by atoms with Gasteiger partial charge in [0.25, 0.3) is 5.91 Å². The number of carbonyl (C=O) groups excluding carboxylic acids is 1. The van der Waals surface area contributed by atoms with Crippen LogP contribution in [0.3, 0.4) is 0 Å². The van der Waals surface area contributed by atoms with Crippen LogP contribution in [0, 0.1) is 5.82 Å². The fraction of sp³-hybridized carbons (Fsp3) is 0.278. The minimum atomic E-state index is -0.446. The third-order valence-electron chi connectivity index (χ3n) is 4.32. The van der Waals surface area contributed by atoms with E-state index in [1.807, 2.05) is 18.2 Å². The van der Waals surface area contributed by atoms with E-state index in [-0.39, 0.29) is 24.9 Å². The lowest BCUT2D eigenvalue weighted by atomic mass is 9.98. The molecule has 0 aliphatic carbocycles. The van der Waals surface area contributed by atoms with Gasteiger partial charge in [0.05, 0.1) is 12.2 Å². The Hall–Kier alpha value is -2.40. The van der Waals surface area contributed by atoms with Gasteiger partial charge in [0.1, 0.15) is 11.6 Å². The first-order valence-corrected chi connectivity index (χ1v) is 7.61. The van der Waals surface area contributed by atoms with E-state index in [1.165, 1.54) is 17.7 Å². The van der Waals surface area contributed by atoms with Crippen LogP contribution < -0.4 is 4.74 Å². The van der Waals surface area contributed by atoms with E-state index in [1.54, 1.807) is 4.90 Å². The topological polar surface area (TPSA) is 38.8 Å². The van der Waals surface area contributed by atoms with Gasteiger partial charge in [0.2, 0.25) is 0 Å². The standard InChI is InChI=1S/C18H16FNO3/c19-15-7-14-10-22-11-23-17(14)16(8-15)18(21)20-6-5-12-3-1-2-4-13(12)9-20/h1-4,7-8H,5-6,9-11H2. The lowest BCUT2D eigenvalue weighted by Crippen LogP contribution is -2.36. The highest BCUT2D eigenvalue weighted by Crippen LogP contribution is 2.31. The van der Waals surface area contributed by atoms with Crippen LogP contribution >= 0.6 is 0 Å². The van der Waals surface area contributed by atoms with Crippen LogP contribution in [-0.4, -0.2) is 24.1 Å². The molecule has 2 aliphatic heterocycles. The minimum Gasteiger partial charge on any atom is -0.466 e. The molecule has 2 aromatic carbocycles. The molecule has 23 heavy (non-hydrogen) atoms. The smallest absolute Gasteiger partial charge is 0.258 e. The van der Waals surface area contributed by atoms with E-state index in [0.29, 0.717) is 24.4 Å². The molecule has 0 saturated carbocycles. The van der Waals surface area contributed by atoms with E-state index in [0.717, 1.165) is 12.0 Å². The summed E-state index contributed by atoms with van der Waals surface area (Å²) in [5.41, 5.74) is 3.27. The Morgan fingerprint density at radius 2 is 1.96 bits per heavy atom. The van der Waals surface area contributed by atoms with Gasteiger partial charge in [-0.1, -0.05) is 24.3 Å². The average molecular weight is 313 g/mol. The molecule has 1 amide bonds. The summed E-state index contributed by atoms with van der Waals surface area (Å²) in [6.07, 6.45) is 0.809. The zero-order valence-corrected chi connectivity index (χ0v) is 12.5. The number of nitrogens with zero attached hydrogens (tertiary/aromatic N) is 1. The quantitative estimate of drug-likeness (QED) is 0.812. The predicted octanol–water partition coefficient (Wildman–Crippen LogP) is 2.89. The summed E-state index contributed by atoms with van der Waals surface area (Å²) in [7, 11) is 0. The first kappa shape index (κ1) is 14.2. The zero-order chi connectivity index (χ0) is 15.8. The molecule has 4 rings (SSSR count). The van der Waals surface area contributed by atoms with Crippen molar-refractivity contribution in [1.29, 1.82) is 0 Å². The van der Waals surface area contributed by atoms with Crippen LogP contribution in [0.4, 0.5) is 4.39 Å². The summed E-state index contributed by atoms with van der Waals surface area (Å²) in [5.74, 6) is -0.197. The van der Waals surface area contributed by atoms with Gasteiger partial charge in [-0.25, -0.2) is 4.39 Å². The van der Waals surface area contributed by atoms with Gasteiger partial charge in [-0.05, 0) is 29.7 Å². The lowest BCUT2D eigenvalue weighted by Gasteiger charge is -2.30. The maximum Gasteiger partial charge on any atom is 0.258 e. The van der Waals surface area contributed by atoms with Crippen molar-refractivity contribution < 1.29 is 18.7 Å². The predicted molar refractivity (Wildman–Crippen MR) is 81.6 cm³/mol. The lowest BCUT2D eigenvalue weighted by molar-refractivity contribution is -0.0173. The summed E-state index contributed by atoms with van der Waals surface area (Å²) < 4.78 is 24.5. The molecule has 4 nitrogen and oxygen atoms in total. The van der Waals surface area contributed by atoms with Gasteiger partial charge in [-0.15, -0.1) is 0 Å². The number of fused-ring (bicyclic) bond motifs is 2. The first-order chi connectivity index (χ1) is 11.2. The van der Waals surface area contributed by atoms with E-state index in [4.69, 9.17) is 9.47 Å². The number of ether oxygens (including phenoxy) is 2. The van der Waals surface area contributed by atoms with Crippen LogP contribution in [0.15, 0.2) is 36.4 Å². The van der Waals surface area contributed by atoms with Crippen molar-refractivity contribution in [1.82, 2.24) is 4.90 Å². The molecule has 5 heteroatoms. The van der Waals surface area contributed by atoms with Gasteiger partial charge in [-0.2, -0.15) is 0 Å². The Morgan fingerprint density at radius 3 is 2.83 bits per heavy atom. The second kappa shape index (κ2) is 5.66. The number of hydrogen-bond donors (Lipinski definition) is 0. The molecular formula is C18H16FNO3. The Kier molecular flexibility index (Phi) is 3.50. The molecule has 2 heterocycles. The van der Waals surface area contributed by atoms with Gasteiger partial charge in [0, 0.05) is 18.7 Å². The van der Waals surface area contributed by atoms with Crippen LogP contribution in [0.2, 0.25) is 0 Å². The maximum absolute atomic E-state index is 13.8. The van der Waals surface area contributed by atoms with E-state index < -0.39 is 5.82 Å². The number of carbonyl (C=O) groups is 1. The largest absolute Gasteiger partial charge is 0.466 e. The number of benzene rings is 2. The van der Waals surface area contributed by atoms with Crippen molar-refractivity contribution in [3.8, 4) is 5.75 Å². The molecule has 0 bridgehead atoms. The Bertz CT molecular complexity index is 775. The number of rotatable bonds is 1. The molecule has 118 valence electrons. The van der Waals surface area contributed by atoms with Gasteiger partial charge in [0.15, 0.2) is 6.79 Å². The van der Waals surface area contributed by atoms with Crippen LogP contribution in [0.1, 0.15) is 27.0 Å². The third-order valence-corrected chi connectivity index (χ3v) is 4.32. The van der Waals surface area contributed by atoms with E-state index >= 15 is 0 Å². The maximum atomic E-state index is 13.8. The van der Waals surface area contributed by atoms with Gasteiger partial charge in [-0.3, -0.25) is 4.79 Å². The highest BCUT2D eigenvalue weighted by atomic mass is 19.1. The fourth-order valence-electron chi connectivity index (χ4n) is 3.18. The molecule has 2 aliphatic rings. The van der Waals surface area contributed by atoms with Crippen molar-refractivity contribution in [3.63, 3.8) is 0 Å². The second-order valence-corrected chi connectivity index (χ2v) is 5.80. The summed E-state index contributed by atoms with van der Waals surface area (Å²) in [6, 6.07) is 10.7. The van der Waals surface area contributed by atoms with Crippen LogP contribution in [0.25, 0.3) is 0 Å². The summed E-state index contributed by atoms with van der Waals surface area (Å²) in [6.45, 7) is 1.51. The third kappa shape index (κ3) is 2.57. The number of hydrogen-bond acceptors (Lipinski definition) is 3. The molecule has 2 aromatic rings. The summed E-state index contributed by atoms with van der Waals surface area (Å²) >= 11 is 0. The Balaban J connectivity index is 1.67. The summed E-state index contributed by atoms with van der Waals surface area (Å²) in [5, 5.41) is 0. The van der Waals surface area contributed by atoms with Crippen molar-refractivity contribution >= 4 is 5.91 Å². The highest BCUT2D eigenvalue weighted by molar-refractivity contribution is 5.97. The molecule has 0 aromatic heterocycles. The molecule has 0 fully saturated rings. The number of amides is 1. The SMILES string of the molecule is O=C(c1cc(F)cc2c1OCOC2)N1CCc2ccccc2C1. The molecule has 0 radical (unpaired) electrons. The molecule has 0 N–H and O–H groups in total. The Labute approximate surface area is 133 Å². The van der Waals surface area contributed by atoms with Crippen LogP contribution in [0.5, 0.6) is 5.75 Å². The highest BCUT2D eigenvalue weighted by Gasteiger charge is 2.27. The molecule has 0 spiro atoms. The number of halogens is 1. The fourth-order valence-corrected chi connectivity index (χ4v) is 3.18.